The highest BCUT2D eigenvalue weighted by Gasteiger charge is 2.32. The average Bonchev–Trinajstić information content (AvgIpc) is 2.54. The molecule has 0 fully saturated rings. The number of hydrogen-bond donors (Lipinski definition) is 3. The third-order valence-corrected chi connectivity index (χ3v) is 5.39. The van der Waals surface area contributed by atoms with Crippen LogP contribution in [0.5, 0.6) is 11.5 Å². The van der Waals surface area contributed by atoms with Gasteiger partial charge >= 0.3 is 5.97 Å². The Bertz CT molecular complexity index is 730. The van der Waals surface area contributed by atoms with E-state index >= 15 is 0 Å². The first-order valence-electron chi connectivity index (χ1n) is 9.41. The molecular formula is C22H30O4. The lowest BCUT2D eigenvalue weighted by atomic mass is 9.72. The number of rotatable bonds is 7. The number of carboxylic acid groups (broad SMARTS) is 1. The summed E-state index contributed by atoms with van der Waals surface area (Å²) in [5.41, 5.74) is 3.39. The monoisotopic (exact) mass is 358 g/mol. The number of phenolic OH excluding ortho intramolecular Hbond substituents is 1. The lowest BCUT2D eigenvalue weighted by Gasteiger charge is -2.33. The van der Waals surface area contributed by atoms with E-state index in [9.17, 15) is 20.1 Å². The molecule has 2 atom stereocenters. The highest BCUT2D eigenvalue weighted by atomic mass is 16.4. The molecule has 1 aromatic rings. The Hall–Kier alpha value is -2.23. The van der Waals surface area contributed by atoms with Crippen LogP contribution >= 0.6 is 0 Å². The van der Waals surface area contributed by atoms with E-state index in [-0.39, 0.29) is 28.9 Å². The molecule has 3 N–H and O–H groups in total. The molecule has 0 bridgehead atoms. The van der Waals surface area contributed by atoms with Crippen molar-refractivity contribution in [1.82, 2.24) is 0 Å². The summed E-state index contributed by atoms with van der Waals surface area (Å²) in [5.74, 6) is -1.51. The Morgan fingerprint density at radius 1 is 1.27 bits per heavy atom. The molecule has 2 unspecified atom stereocenters. The Balaban J connectivity index is 2.68. The fraction of sp³-hybridized carbons (Fsp3) is 0.500. The van der Waals surface area contributed by atoms with Gasteiger partial charge in [0.1, 0.15) is 17.1 Å². The van der Waals surface area contributed by atoms with Crippen LogP contribution in [0.3, 0.4) is 0 Å². The SMILES string of the molecule is C=C(C)C1CCC(C)=CC1c1c(O)cc(O)c(C(=O)O)c1CCCCC. The number of carboxylic acids is 1. The Kier molecular flexibility index (Phi) is 6.52. The molecule has 0 radical (unpaired) electrons. The zero-order chi connectivity index (χ0) is 19.4. The number of allylic oxidation sites excluding steroid dienone is 3. The van der Waals surface area contributed by atoms with Crippen LogP contribution in [0.1, 0.15) is 80.3 Å². The molecule has 1 aromatic carbocycles. The summed E-state index contributed by atoms with van der Waals surface area (Å²) in [7, 11) is 0. The maximum atomic E-state index is 11.8. The molecule has 2 rings (SSSR count). The van der Waals surface area contributed by atoms with E-state index in [1.165, 1.54) is 11.6 Å². The molecule has 4 heteroatoms. The van der Waals surface area contributed by atoms with E-state index < -0.39 is 5.97 Å². The predicted octanol–water partition coefficient (Wildman–Crippen LogP) is 5.54. The highest BCUT2D eigenvalue weighted by molar-refractivity contribution is 5.93. The molecule has 4 nitrogen and oxygen atoms in total. The Labute approximate surface area is 155 Å². The number of unbranched alkanes of at least 4 members (excludes halogenated alkanes) is 2. The van der Waals surface area contributed by atoms with Crippen LogP contribution in [0.25, 0.3) is 0 Å². The zero-order valence-electron chi connectivity index (χ0n) is 16.0. The first kappa shape index (κ1) is 20.1. The number of aromatic hydroxyl groups is 2. The van der Waals surface area contributed by atoms with Gasteiger partial charge in [-0.05, 0) is 51.0 Å². The first-order chi connectivity index (χ1) is 12.3. The molecule has 1 aliphatic rings. The van der Waals surface area contributed by atoms with E-state index in [0.29, 0.717) is 17.5 Å². The van der Waals surface area contributed by atoms with Gasteiger partial charge in [0.25, 0.3) is 0 Å². The lowest BCUT2D eigenvalue weighted by molar-refractivity contribution is 0.0692. The second-order valence-electron chi connectivity index (χ2n) is 7.47. The summed E-state index contributed by atoms with van der Waals surface area (Å²) in [6, 6.07) is 1.18. The highest BCUT2D eigenvalue weighted by Crippen LogP contribution is 2.46. The molecule has 1 aliphatic carbocycles. The van der Waals surface area contributed by atoms with E-state index in [1.807, 2.05) is 6.92 Å². The van der Waals surface area contributed by atoms with E-state index in [1.54, 1.807) is 0 Å². The molecule has 26 heavy (non-hydrogen) atoms. The van der Waals surface area contributed by atoms with Crippen molar-refractivity contribution in [2.24, 2.45) is 5.92 Å². The van der Waals surface area contributed by atoms with Crippen molar-refractivity contribution in [3.63, 3.8) is 0 Å². The minimum atomic E-state index is -1.15. The molecule has 0 aromatic heterocycles. The molecule has 0 aliphatic heterocycles. The second kappa shape index (κ2) is 8.43. The first-order valence-corrected chi connectivity index (χ1v) is 9.41. The molecule has 0 amide bonds. The van der Waals surface area contributed by atoms with Gasteiger partial charge in [0.15, 0.2) is 0 Å². The molecule has 0 saturated carbocycles. The third kappa shape index (κ3) is 4.12. The minimum Gasteiger partial charge on any atom is -0.507 e. The van der Waals surface area contributed by atoms with Crippen LogP contribution < -0.4 is 0 Å². The number of carbonyl (C=O) groups is 1. The predicted molar refractivity (Wildman–Crippen MR) is 104 cm³/mol. The van der Waals surface area contributed by atoms with Crippen LogP contribution in [-0.4, -0.2) is 21.3 Å². The minimum absolute atomic E-state index is 0.0267. The van der Waals surface area contributed by atoms with Gasteiger partial charge < -0.3 is 15.3 Å². The van der Waals surface area contributed by atoms with Gasteiger partial charge in [0, 0.05) is 17.5 Å². The van der Waals surface area contributed by atoms with Crippen molar-refractivity contribution in [2.45, 2.75) is 65.2 Å². The smallest absolute Gasteiger partial charge is 0.339 e. The summed E-state index contributed by atoms with van der Waals surface area (Å²) < 4.78 is 0. The molecule has 0 heterocycles. The fourth-order valence-corrected chi connectivity index (χ4v) is 4.05. The summed E-state index contributed by atoms with van der Waals surface area (Å²) in [4.78, 5) is 11.8. The lowest BCUT2D eigenvalue weighted by Crippen LogP contribution is -2.20. The van der Waals surface area contributed by atoms with Gasteiger partial charge in [-0.15, -0.1) is 0 Å². The summed E-state index contributed by atoms with van der Waals surface area (Å²) >= 11 is 0. The molecule has 142 valence electrons. The van der Waals surface area contributed by atoms with Crippen molar-refractivity contribution in [3.8, 4) is 11.5 Å². The van der Waals surface area contributed by atoms with Crippen LogP contribution in [0.15, 0.2) is 29.9 Å². The van der Waals surface area contributed by atoms with Crippen molar-refractivity contribution >= 4 is 5.97 Å². The largest absolute Gasteiger partial charge is 0.507 e. The summed E-state index contributed by atoms with van der Waals surface area (Å²) in [6.07, 6.45) is 7.36. The van der Waals surface area contributed by atoms with Gasteiger partial charge in [0.05, 0.1) is 0 Å². The van der Waals surface area contributed by atoms with Crippen LogP contribution in [0.2, 0.25) is 0 Å². The number of hydrogen-bond acceptors (Lipinski definition) is 3. The Morgan fingerprint density at radius 3 is 2.54 bits per heavy atom. The fourth-order valence-electron chi connectivity index (χ4n) is 4.05. The maximum absolute atomic E-state index is 11.8. The second-order valence-corrected chi connectivity index (χ2v) is 7.47. The third-order valence-electron chi connectivity index (χ3n) is 5.39. The molecule has 0 spiro atoms. The topological polar surface area (TPSA) is 77.8 Å². The number of aromatic carboxylic acids is 1. The van der Waals surface area contributed by atoms with E-state index in [4.69, 9.17) is 0 Å². The summed E-state index contributed by atoms with van der Waals surface area (Å²) in [5, 5.41) is 30.5. The normalized spacial score (nSPS) is 19.9. The van der Waals surface area contributed by atoms with Gasteiger partial charge in [-0.2, -0.15) is 0 Å². The number of phenols is 2. The van der Waals surface area contributed by atoms with Gasteiger partial charge in [-0.3, -0.25) is 0 Å². The van der Waals surface area contributed by atoms with Crippen molar-refractivity contribution < 1.29 is 20.1 Å². The van der Waals surface area contributed by atoms with Crippen molar-refractivity contribution in [3.05, 3.63) is 46.6 Å². The van der Waals surface area contributed by atoms with Crippen molar-refractivity contribution in [1.29, 1.82) is 0 Å². The number of benzene rings is 1. The molecule has 0 saturated heterocycles. The maximum Gasteiger partial charge on any atom is 0.339 e. The van der Waals surface area contributed by atoms with E-state index in [2.05, 4.69) is 26.5 Å². The summed E-state index contributed by atoms with van der Waals surface area (Å²) in [6.45, 7) is 10.2. The van der Waals surface area contributed by atoms with Crippen LogP contribution in [-0.2, 0) is 6.42 Å². The van der Waals surface area contributed by atoms with Gasteiger partial charge in [-0.25, -0.2) is 4.79 Å². The zero-order valence-corrected chi connectivity index (χ0v) is 16.0. The van der Waals surface area contributed by atoms with Crippen LogP contribution in [0, 0.1) is 5.92 Å². The standard InChI is InChI=1S/C22H30O4/c1-5-6-7-8-16-20(18(23)12-19(24)21(16)22(25)26)17-11-14(4)9-10-15(17)13(2)3/h11-12,15,17,23-24H,2,5-10H2,1,3-4H3,(H,25,26). The van der Waals surface area contributed by atoms with E-state index in [0.717, 1.165) is 37.7 Å². The van der Waals surface area contributed by atoms with Crippen LogP contribution in [0.4, 0.5) is 0 Å². The molecular weight excluding hydrogens is 328 g/mol. The Morgan fingerprint density at radius 2 is 1.96 bits per heavy atom. The van der Waals surface area contributed by atoms with Gasteiger partial charge in [0.2, 0.25) is 0 Å². The quantitative estimate of drug-likeness (QED) is 0.441. The average molecular weight is 358 g/mol. The van der Waals surface area contributed by atoms with Crippen molar-refractivity contribution in [2.75, 3.05) is 0 Å². The van der Waals surface area contributed by atoms with Gasteiger partial charge in [-0.1, -0.05) is 43.6 Å².